The molecule has 0 amide bonds. The monoisotopic (exact) mass is 536 g/mol. The zero-order valence-electron chi connectivity index (χ0n) is 19.3. The molecule has 0 N–H and O–H groups in total. The Bertz CT molecular complexity index is 1690. The minimum absolute atomic E-state index is 0.0205. The number of benzene rings is 4. The topological polar surface area (TPSA) is 65.7 Å². The molecule has 0 radical (unpaired) electrons. The molecule has 1 heterocycles. The molecule has 0 saturated heterocycles. The Morgan fingerprint density at radius 2 is 1.42 bits per heavy atom. The summed E-state index contributed by atoms with van der Waals surface area (Å²) in [5.74, 6) is -3.56. The van der Waals surface area contributed by atoms with Gasteiger partial charge in [-0.1, -0.05) is 66.2 Å². The summed E-state index contributed by atoms with van der Waals surface area (Å²) in [6, 6.07) is 25.2. The molecule has 0 aliphatic rings. The highest BCUT2D eigenvalue weighted by molar-refractivity contribution is 6.33. The van der Waals surface area contributed by atoms with Gasteiger partial charge in [0.2, 0.25) is 11.2 Å². The summed E-state index contributed by atoms with van der Waals surface area (Å²) in [5.41, 5.74) is 0.326. The number of halogens is 4. The molecule has 0 unspecified atom stereocenters. The first-order chi connectivity index (χ1) is 18.2. The number of ether oxygens (including phenoxy) is 2. The van der Waals surface area contributed by atoms with Crippen molar-refractivity contribution in [2.45, 2.75) is 6.18 Å². The lowest BCUT2D eigenvalue weighted by Crippen LogP contribution is -2.15. The van der Waals surface area contributed by atoms with Gasteiger partial charge in [0.1, 0.15) is 17.1 Å². The fourth-order valence-electron chi connectivity index (χ4n) is 3.75. The summed E-state index contributed by atoms with van der Waals surface area (Å²) in [6.07, 6.45) is -5.04. The van der Waals surface area contributed by atoms with E-state index in [1.807, 2.05) is 30.3 Å². The Labute approximate surface area is 218 Å². The summed E-state index contributed by atoms with van der Waals surface area (Å²) in [7, 11) is 0. The van der Waals surface area contributed by atoms with Gasteiger partial charge in [-0.3, -0.25) is 4.79 Å². The highest BCUT2D eigenvalue weighted by atomic mass is 35.5. The minimum atomic E-state index is -5.04. The summed E-state index contributed by atoms with van der Waals surface area (Å²) in [6.45, 7) is 0. The number of esters is 1. The number of carbonyl (C=O) groups excluding carboxylic acids is 1. The largest absolute Gasteiger partial charge is 0.453 e. The smallest absolute Gasteiger partial charge is 0.449 e. The minimum Gasteiger partial charge on any atom is -0.449 e. The number of alkyl halides is 3. The normalized spacial score (nSPS) is 11.4. The molecular weight excluding hydrogens is 521 g/mol. The molecule has 190 valence electrons. The highest BCUT2D eigenvalue weighted by Gasteiger charge is 2.40. The predicted molar refractivity (Wildman–Crippen MR) is 136 cm³/mol. The molecule has 5 nitrogen and oxygen atoms in total. The van der Waals surface area contributed by atoms with Crippen LogP contribution < -0.4 is 14.9 Å². The number of rotatable bonds is 5. The molecule has 1 aromatic heterocycles. The van der Waals surface area contributed by atoms with Crippen LogP contribution in [0.15, 0.2) is 106 Å². The zero-order valence-corrected chi connectivity index (χ0v) is 20.0. The maximum atomic E-state index is 13.9. The van der Waals surface area contributed by atoms with Crippen LogP contribution in [0.3, 0.4) is 0 Å². The summed E-state index contributed by atoms with van der Waals surface area (Å²) >= 11 is 6.00. The summed E-state index contributed by atoms with van der Waals surface area (Å²) in [5, 5.41) is -0.0470. The van der Waals surface area contributed by atoms with E-state index in [0.29, 0.717) is 0 Å². The Morgan fingerprint density at radius 1 is 0.789 bits per heavy atom. The highest BCUT2D eigenvalue weighted by Crippen LogP contribution is 2.39. The van der Waals surface area contributed by atoms with Crippen molar-refractivity contribution in [3.63, 3.8) is 0 Å². The van der Waals surface area contributed by atoms with Gasteiger partial charge in [0.05, 0.1) is 16.0 Å². The second-order valence-corrected chi connectivity index (χ2v) is 8.51. The van der Waals surface area contributed by atoms with Crippen molar-refractivity contribution in [1.82, 2.24) is 0 Å². The second kappa shape index (κ2) is 10.1. The van der Waals surface area contributed by atoms with Crippen LogP contribution in [0.2, 0.25) is 5.02 Å². The lowest BCUT2D eigenvalue weighted by Gasteiger charge is -2.14. The first-order valence-electron chi connectivity index (χ1n) is 11.2. The van der Waals surface area contributed by atoms with E-state index in [4.69, 9.17) is 25.5 Å². The average Bonchev–Trinajstić information content (AvgIpc) is 2.90. The van der Waals surface area contributed by atoms with E-state index >= 15 is 0 Å². The number of hydrogen-bond acceptors (Lipinski definition) is 5. The maximum absolute atomic E-state index is 13.9. The van der Waals surface area contributed by atoms with E-state index < -0.39 is 34.7 Å². The van der Waals surface area contributed by atoms with E-state index in [1.165, 1.54) is 36.4 Å². The Kier molecular flexibility index (Phi) is 6.65. The van der Waals surface area contributed by atoms with Crippen LogP contribution >= 0.6 is 11.6 Å². The van der Waals surface area contributed by atoms with Gasteiger partial charge in [0.25, 0.3) is 5.76 Å². The van der Waals surface area contributed by atoms with Crippen molar-refractivity contribution in [2.75, 3.05) is 0 Å². The first kappa shape index (κ1) is 25.1. The van der Waals surface area contributed by atoms with Crippen LogP contribution in [0.25, 0.3) is 22.1 Å². The van der Waals surface area contributed by atoms with Crippen molar-refractivity contribution in [2.24, 2.45) is 0 Å². The fraction of sp³-hybridized carbons (Fsp3) is 0.0345. The molecule has 0 fully saturated rings. The molecule has 38 heavy (non-hydrogen) atoms. The lowest BCUT2D eigenvalue weighted by molar-refractivity contribution is -0.154. The van der Waals surface area contributed by atoms with E-state index in [2.05, 4.69) is 0 Å². The van der Waals surface area contributed by atoms with E-state index in [-0.39, 0.29) is 27.5 Å². The second-order valence-electron chi connectivity index (χ2n) is 8.11. The zero-order chi connectivity index (χ0) is 26.9. The van der Waals surface area contributed by atoms with Crippen LogP contribution in [-0.4, -0.2) is 5.97 Å². The molecule has 5 rings (SSSR count). The third kappa shape index (κ3) is 5.12. The van der Waals surface area contributed by atoms with Crippen molar-refractivity contribution in [3.05, 3.63) is 124 Å². The van der Waals surface area contributed by atoms with Crippen molar-refractivity contribution < 1.29 is 31.9 Å². The molecule has 0 saturated carbocycles. The van der Waals surface area contributed by atoms with Crippen LogP contribution in [0.1, 0.15) is 16.1 Å². The summed E-state index contributed by atoms with van der Waals surface area (Å²) < 4.78 is 57.4. The van der Waals surface area contributed by atoms with Crippen LogP contribution in [-0.2, 0) is 6.18 Å². The summed E-state index contributed by atoms with van der Waals surface area (Å²) in [4.78, 5) is 25.5. The van der Waals surface area contributed by atoms with Gasteiger partial charge < -0.3 is 13.9 Å². The Hall–Kier alpha value is -4.56. The molecule has 0 aliphatic carbocycles. The van der Waals surface area contributed by atoms with Crippen LogP contribution in [0, 0.1) is 0 Å². The van der Waals surface area contributed by atoms with Gasteiger partial charge in [-0.05, 0) is 47.5 Å². The average molecular weight is 537 g/mol. The van der Waals surface area contributed by atoms with E-state index in [0.717, 1.165) is 17.2 Å². The van der Waals surface area contributed by atoms with Crippen LogP contribution in [0.5, 0.6) is 17.2 Å². The fourth-order valence-corrected chi connectivity index (χ4v) is 3.96. The predicted octanol–water partition coefficient (Wildman–Crippen LogP) is 8.14. The Morgan fingerprint density at radius 3 is 2.11 bits per heavy atom. The SMILES string of the molecule is O=C(Oc1ccc2c(=O)c(Oc3ccc(-c4ccccc4)cc3)c(C(F)(F)F)oc2c1)c1ccccc1Cl. The molecular formula is C29H16ClF3O5. The molecule has 0 bridgehead atoms. The molecule has 0 atom stereocenters. The van der Waals surface area contributed by atoms with Crippen molar-refractivity contribution in [3.8, 4) is 28.4 Å². The maximum Gasteiger partial charge on any atom is 0.453 e. The van der Waals surface area contributed by atoms with Gasteiger partial charge in [0.15, 0.2) is 0 Å². The van der Waals surface area contributed by atoms with Gasteiger partial charge in [-0.15, -0.1) is 0 Å². The molecule has 9 heteroatoms. The molecule has 4 aromatic carbocycles. The van der Waals surface area contributed by atoms with E-state index in [1.54, 1.807) is 24.3 Å². The number of fused-ring (bicyclic) bond motifs is 1. The van der Waals surface area contributed by atoms with Gasteiger partial charge in [-0.2, -0.15) is 13.2 Å². The quantitative estimate of drug-likeness (QED) is 0.167. The first-order valence-corrected chi connectivity index (χ1v) is 11.6. The Balaban J connectivity index is 1.49. The van der Waals surface area contributed by atoms with E-state index in [9.17, 15) is 22.8 Å². The molecule has 0 aliphatic heterocycles. The lowest BCUT2D eigenvalue weighted by atomic mass is 10.1. The van der Waals surface area contributed by atoms with Gasteiger partial charge in [0, 0.05) is 6.07 Å². The van der Waals surface area contributed by atoms with Crippen molar-refractivity contribution >= 4 is 28.5 Å². The third-order valence-electron chi connectivity index (χ3n) is 5.57. The number of hydrogen-bond donors (Lipinski definition) is 0. The van der Waals surface area contributed by atoms with Crippen molar-refractivity contribution in [1.29, 1.82) is 0 Å². The molecule has 0 spiro atoms. The van der Waals surface area contributed by atoms with Crippen LogP contribution in [0.4, 0.5) is 13.2 Å². The standard InChI is InChI=1S/C29H16ClF3O5/c30-23-9-5-4-8-21(23)28(35)37-20-14-15-22-24(16-20)38-27(29(31,32)33)26(25(22)34)36-19-12-10-18(11-13-19)17-6-2-1-3-7-17/h1-16H. The number of carbonyl (C=O) groups is 1. The molecule has 5 aromatic rings. The van der Waals surface area contributed by atoms with Gasteiger partial charge >= 0.3 is 12.1 Å². The van der Waals surface area contributed by atoms with Gasteiger partial charge in [-0.25, -0.2) is 4.79 Å². The third-order valence-corrected chi connectivity index (χ3v) is 5.89.